The van der Waals surface area contributed by atoms with Gasteiger partial charge in [0.2, 0.25) is 5.91 Å². The molecule has 25 heavy (non-hydrogen) atoms. The Morgan fingerprint density at radius 2 is 1.92 bits per heavy atom. The van der Waals surface area contributed by atoms with Gasteiger partial charge >= 0.3 is 0 Å². The number of likely N-dealkylation sites (N-methyl/N-ethyl adjacent to an activating group) is 1. The van der Waals surface area contributed by atoms with Crippen LogP contribution in [0.4, 0.5) is 0 Å². The Morgan fingerprint density at radius 1 is 1.16 bits per heavy atom. The van der Waals surface area contributed by atoms with E-state index < -0.39 is 0 Å². The molecule has 0 spiro atoms. The van der Waals surface area contributed by atoms with Gasteiger partial charge in [0.25, 0.3) is 5.56 Å². The van der Waals surface area contributed by atoms with Crippen LogP contribution in [0.2, 0.25) is 10.0 Å². The van der Waals surface area contributed by atoms with E-state index in [9.17, 15) is 9.59 Å². The number of hydrogen-bond donors (Lipinski definition) is 1. The summed E-state index contributed by atoms with van der Waals surface area (Å²) in [6, 6.07) is 12.2. The second-order valence-electron chi connectivity index (χ2n) is 5.70. The largest absolute Gasteiger partial charge is 0.338 e. The van der Waals surface area contributed by atoms with Gasteiger partial charge in [-0.3, -0.25) is 9.59 Å². The monoisotopic (exact) mass is 375 g/mol. The van der Waals surface area contributed by atoms with Crippen LogP contribution in [0.25, 0.3) is 10.9 Å². The highest BCUT2D eigenvalue weighted by atomic mass is 35.5. The highest BCUT2D eigenvalue weighted by molar-refractivity contribution is 6.42. The van der Waals surface area contributed by atoms with E-state index in [0.29, 0.717) is 26.8 Å². The fraction of sp³-hybridized carbons (Fsp3) is 0.167. The third-order valence-electron chi connectivity index (χ3n) is 3.81. The predicted octanol–water partition coefficient (Wildman–Crippen LogP) is 3.43. The van der Waals surface area contributed by atoms with Crippen molar-refractivity contribution in [1.29, 1.82) is 0 Å². The fourth-order valence-electron chi connectivity index (χ4n) is 2.48. The maximum Gasteiger partial charge on any atom is 0.258 e. The van der Waals surface area contributed by atoms with Gasteiger partial charge in [-0.05, 0) is 29.8 Å². The number of carbonyl (C=O) groups is 1. The molecular weight excluding hydrogens is 361 g/mol. The van der Waals surface area contributed by atoms with Gasteiger partial charge in [-0.25, -0.2) is 4.98 Å². The number of halogens is 2. The van der Waals surface area contributed by atoms with Crippen molar-refractivity contribution in [2.75, 3.05) is 7.05 Å². The highest BCUT2D eigenvalue weighted by Crippen LogP contribution is 2.23. The third kappa shape index (κ3) is 4.00. The molecule has 1 heterocycles. The van der Waals surface area contributed by atoms with E-state index in [4.69, 9.17) is 23.2 Å². The van der Waals surface area contributed by atoms with E-state index in [1.807, 2.05) is 6.07 Å². The molecule has 1 aromatic heterocycles. The van der Waals surface area contributed by atoms with Crippen molar-refractivity contribution in [1.82, 2.24) is 14.9 Å². The Hall–Kier alpha value is -2.37. The van der Waals surface area contributed by atoms with E-state index in [-0.39, 0.29) is 24.4 Å². The van der Waals surface area contributed by atoms with Gasteiger partial charge in [0.15, 0.2) is 0 Å². The normalized spacial score (nSPS) is 10.8. The first-order chi connectivity index (χ1) is 11.9. The van der Waals surface area contributed by atoms with Gasteiger partial charge < -0.3 is 9.88 Å². The van der Waals surface area contributed by atoms with Crippen molar-refractivity contribution >= 4 is 40.0 Å². The van der Waals surface area contributed by atoms with Crippen molar-refractivity contribution in [2.24, 2.45) is 0 Å². The molecule has 5 nitrogen and oxygen atoms in total. The van der Waals surface area contributed by atoms with Gasteiger partial charge in [-0.15, -0.1) is 0 Å². The average Bonchev–Trinajstić information content (AvgIpc) is 2.58. The van der Waals surface area contributed by atoms with Crippen molar-refractivity contribution in [3.8, 4) is 0 Å². The molecule has 0 saturated heterocycles. The first kappa shape index (κ1) is 17.5. The Kier molecular flexibility index (Phi) is 5.06. The molecule has 128 valence electrons. The van der Waals surface area contributed by atoms with Gasteiger partial charge in [0.05, 0.1) is 33.9 Å². The van der Waals surface area contributed by atoms with Crippen LogP contribution >= 0.6 is 23.2 Å². The molecule has 0 aliphatic heterocycles. The number of benzene rings is 2. The lowest BCUT2D eigenvalue weighted by molar-refractivity contribution is -0.129. The number of hydrogen-bond acceptors (Lipinski definition) is 3. The van der Waals surface area contributed by atoms with Crippen LogP contribution in [0.3, 0.4) is 0 Å². The van der Waals surface area contributed by atoms with Crippen LogP contribution in [0, 0.1) is 0 Å². The predicted molar refractivity (Wildman–Crippen MR) is 99.0 cm³/mol. The van der Waals surface area contributed by atoms with Crippen molar-refractivity contribution in [3.63, 3.8) is 0 Å². The Morgan fingerprint density at radius 3 is 2.68 bits per heavy atom. The zero-order valence-corrected chi connectivity index (χ0v) is 14.9. The van der Waals surface area contributed by atoms with Gasteiger partial charge in [-0.2, -0.15) is 0 Å². The van der Waals surface area contributed by atoms with Crippen LogP contribution in [-0.4, -0.2) is 27.8 Å². The van der Waals surface area contributed by atoms with E-state index in [2.05, 4.69) is 9.97 Å². The number of nitrogens with zero attached hydrogens (tertiary/aromatic N) is 2. The number of fused-ring (bicyclic) bond motifs is 1. The molecule has 0 aliphatic rings. The lowest BCUT2D eigenvalue weighted by Crippen LogP contribution is -2.29. The van der Waals surface area contributed by atoms with Crippen molar-refractivity contribution in [3.05, 3.63) is 74.3 Å². The summed E-state index contributed by atoms with van der Waals surface area (Å²) < 4.78 is 0. The molecule has 0 aliphatic carbocycles. The van der Waals surface area contributed by atoms with E-state index in [0.717, 1.165) is 5.56 Å². The molecule has 0 saturated carbocycles. The number of amides is 1. The summed E-state index contributed by atoms with van der Waals surface area (Å²) in [6.07, 6.45) is 0.186. The Bertz CT molecular complexity index is 1000. The highest BCUT2D eigenvalue weighted by Gasteiger charge is 2.13. The summed E-state index contributed by atoms with van der Waals surface area (Å²) in [4.78, 5) is 33.1. The topological polar surface area (TPSA) is 66.1 Å². The maximum absolute atomic E-state index is 12.4. The summed E-state index contributed by atoms with van der Waals surface area (Å²) in [5.74, 6) is 0.322. The molecule has 7 heteroatoms. The third-order valence-corrected chi connectivity index (χ3v) is 4.55. The minimum absolute atomic E-state index is 0.116. The van der Waals surface area contributed by atoms with Crippen LogP contribution in [0.5, 0.6) is 0 Å². The summed E-state index contributed by atoms with van der Waals surface area (Å²) in [7, 11) is 1.66. The first-order valence-electron chi connectivity index (χ1n) is 7.60. The molecular formula is C18H15Cl2N3O2. The van der Waals surface area contributed by atoms with E-state index >= 15 is 0 Å². The SMILES string of the molecule is CN(Cc1nc2ccccc2c(=O)[nH]1)C(=O)Cc1ccc(Cl)c(Cl)c1. The second-order valence-corrected chi connectivity index (χ2v) is 6.52. The van der Waals surface area contributed by atoms with Crippen molar-refractivity contribution in [2.45, 2.75) is 13.0 Å². The van der Waals surface area contributed by atoms with Crippen LogP contribution in [0.15, 0.2) is 47.3 Å². The molecule has 3 aromatic rings. The Labute approximate surface area is 154 Å². The zero-order chi connectivity index (χ0) is 18.0. The van der Waals surface area contributed by atoms with Crippen LogP contribution in [-0.2, 0) is 17.8 Å². The number of aromatic amines is 1. The molecule has 0 radical (unpaired) electrons. The van der Waals surface area contributed by atoms with E-state index in [1.165, 1.54) is 4.90 Å². The molecule has 0 fully saturated rings. The average molecular weight is 376 g/mol. The van der Waals surface area contributed by atoms with Gasteiger partial charge in [0, 0.05) is 7.05 Å². The fourth-order valence-corrected chi connectivity index (χ4v) is 2.80. The molecule has 0 atom stereocenters. The summed E-state index contributed by atoms with van der Waals surface area (Å²) in [6.45, 7) is 0.209. The second kappa shape index (κ2) is 7.25. The maximum atomic E-state index is 12.4. The van der Waals surface area contributed by atoms with E-state index in [1.54, 1.807) is 43.4 Å². The molecule has 1 N–H and O–H groups in total. The molecule has 3 rings (SSSR count). The lowest BCUT2D eigenvalue weighted by atomic mass is 10.1. The van der Waals surface area contributed by atoms with Crippen LogP contribution < -0.4 is 5.56 Å². The smallest absolute Gasteiger partial charge is 0.258 e. The summed E-state index contributed by atoms with van der Waals surface area (Å²) in [5.41, 5.74) is 1.16. The zero-order valence-electron chi connectivity index (χ0n) is 13.4. The lowest BCUT2D eigenvalue weighted by Gasteiger charge is -2.17. The van der Waals surface area contributed by atoms with Gasteiger partial charge in [-0.1, -0.05) is 41.4 Å². The number of nitrogens with one attached hydrogen (secondary N) is 1. The number of H-pyrrole nitrogens is 1. The number of aromatic nitrogens is 2. The summed E-state index contributed by atoms with van der Waals surface area (Å²) >= 11 is 11.9. The summed E-state index contributed by atoms with van der Waals surface area (Å²) in [5, 5.41) is 1.38. The first-order valence-corrected chi connectivity index (χ1v) is 8.35. The van der Waals surface area contributed by atoms with Gasteiger partial charge in [0.1, 0.15) is 5.82 Å². The standard InChI is InChI=1S/C18H15Cl2N3O2/c1-23(17(24)9-11-6-7-13(19)14(20)8-11)10-16-21-15-5-3-2-4-12(15)18(25)22-16/h2-8H,9-10H2,1H3,(H,21,22,25). The minimum atomic E-state index is -0.217. The molecule has 1 amide bonds. The minimum Gasteiger partial charge on any atom is -0.338 e. The number of para-hydroxylation sites is 1. The number of rotatable bonds is 4. The van der Waals surface area contributed by atoms with Crippen LogP contribution in [0.1, 0.15) is 11.4 Å². The molecule has 0 bridgehead atoms. The molecule has 2 aromatic carbocycles. The van der Waals surface area contributed by atoms with Crippen molar-refractivity contribution < 1.29 is 4.79 Å². The Balaban J connectivity index is 1.75. The molecule has 0 unspecified atom stereocenters. The number of carbonyl (C=O) groups excluding carboxylic acids is 1. The quantitative estimate of drug-likeness (QED) is 0.759.